The van der Waals surface area contributed by atoms with Gasteiger partial charge in [0, 0.05) is 47.8 Å². The molecule has 57 heavy (non-hydrogen) atoms. The van der Waals surface area contributed by atoms with Crippen LogP contribution in [0, 0.1) is 20.8 Å². The Labute approximate surface area is 343 Å². The summed E-state index contributed by atoms with van der Waals surface area (Å²) in [5, 5.41) is 9.25. The van der Waals surface area contributed by atoms with Crippen LogP contribution in [-0.4, -0.2) is 0 Å². The average molecular weight is 773 g/mol. The molecule has 278 valence electrons. The largest absolute Gasteiger partial charge is 0.355 e. The Bertz CT molecular complexity index is 3030. The third-order valence-corrected chi connectivity index (χ3v) is 14.8. The number of rotatable bonds is 6. The second-order valence-electron chi connectivity index (χ2n) is 16.2. The number of fused-ring (bicyclic) bond motifs is 7. The topological polar surface area (TPSA) is 15.3 Å². The molecule has 1 N–H and O–H groups in total. The number of nitrogens with one attached hydrogen (secondary N) is 1. The van der Waals surface area contributed by atoms with Gasteiger partial charge in [-0.05, 0) is 151 Å². The Morgan fingerprint density at radius 1 is 0.649 bits per heavy atom. The Kier molecular flexibility index (Phi) is 8.24. The lowest BCUT2D eigenvalue weighted by Gasteiger charge is -2.38. The minimum absolute atomic E-state index is 0.622. The molecule has 0 atom stereocenters. The Balaban J connectivity index is 1.22. The van der Waals surface area contributed by atoms with Crippen LogP contribution in [0.1, 0.15) is 60.8 Å². The minimum atomic E-state index is 0.622. The molecular formula is C53H44N2S2. The van der Waals surface area contributed by atoms with Crippen molar-refractivity contribution in [1.29, 1.82) is 0 Å². The second kappa shape index (κ2) is 13.5. The summed E-state index contributed by atoms with van der Waals surface area (Å²) in [4.78, 5) is 5.38. The molecule has 2 nitrogen and oxygen atoms in total. The van der Waals surface area contributed by atoms with Crippen LogP contribution >= 0.6 is 23.1 Å². The third kappa shape index (κ3) is 5.68. The highest BCUT2D eigenvalue weighted by molar-refractivity contribution is 8.00. The van der Waals surface area contributed by atoms with Gasteiger partial charge in [-0.1, -0.05) is 103 Å². The first kappa shape index (κ1) is 34.7. The van der Waals surface area contributed by atoms with E-state index in [0.29, 0.717) is 5.92 Å². The van der Waals surface area contributed by atoms with Crippen LogP contribution in [-0.2, 0) is 0 Å². The van der Waals surface area contributed by atoms with Gasteiger partial charge in [0.2, 0.25) is 0 Å². The van der Waals surface area contributed by atoms with Crippen molar-refractivity contribution >= 4 is 76.8 Å². The highest BCUT2D eigenvalue weighted by Gasteiger charge is 2.37. The standard InChI is InChI=1S/C53H44N2S2/c1-31-14-5-8-17-38(31)42-29-37(27-24-32(42)2)54-49-34(4)39-18-9-7-16-36(39)28-43(49)45-30-44-41-19-10-12-22-47(41)56-52(44)51-53(45)57-48-23-13-20-40(35-25-26-35)50(48)55(51)46-21-11-6-15-33(46)3/h5,7-14,16-24,27-30,35,54H,6,15,25-26H2,1-4H3. The summed E-state index contributed by atoms with van der Waals surface area (Å²) in [5.41, 5.74) is 18.1. The van der Waals surface area contributed by atoms with Crippen molar-refractivity contribution < 1.29 is 0 Å². The van der Waals surface area contributed by atoms with E-state index < -0.39 is 0 Å². The van der Waals surface area contributed by atoms with Crippen molar-refractivity contribution in [2.24, 2.45) is 0 Å². The molecule has 1 saturated carbocycles. The van der Waals surface area contributed by atoms with E-state index in [1.54, 1.807) is 0 Å². The van der Waals surface area contributed by atoms with Gasteiger partial charge in [-0.25, -0.2) is 0 Å². The van der Waals surface area contributed by atoms with Gasteiger partial charge in [-0.3, -0.25) is 0 Å². The SMILES string of the molecule is CC1=C(N2c3c(cccc3C3CC3)Sc3c(-c4cc5ccccc5c(C)c4Nc4ccc(C)c(-c5ccccc5C)c4)cc4c(sc5ccccc54)c32)C=CCC1. The molecule has 0 unspecified atom stereocenters. The fourth-order valence-corrected chi connectivity index (χ4v) is 11.9. The Morgan fingerprint density at radius 3 is 2.28 bits per heavy atom. The molecule has 7 aromatic carbocycles. The predicted octanol–water partition coefficient (Wildman–Crippen LogP) is 16.3. The molecule has 0 saturated heterocycles. The van der Waals surface area contributed by atoms with Gasteiger partial charge >= 0.3 is 0 Å². The van der Waals surface area contributed by atoms with Crippen molar-refractivity contribution in [2.75, 3.05) is 10.2 Å². The summed E-state index contributed by atoms with van der Waals surface area (Å²) < 4.78 is 2.70. The summed E-state index contributed by atoms with van der Waals surface area (Å²) in [6.07, 6.45) is 9.51. The van der Waals surface area contributed by atoms with Crippen LogP contribution in [0.3, 0.4) is 0 Å². The maximum atomic E-state index is 4.07. The number of nitrogens with zero attached hydrogens (tertiary/aromatic N) is 1. The minimum Gasteiger partial charge on any atom is -0.355 e. The van der Waals surface area contributed by atoms with Crippen molar-refractivity contribution in [2.45, 2.75) is 69.1 Å². The molecule has 3 aliphatic rings. The lowest BCUT2D eigenvalue weighted by molar-refractivity contribution is 0.914. The van der Waals surface area contributed by atoms with Gasteiger partial charge in [0.15, 0.2) is 0 Å². The number of allylic oxidation sites excluding steroid dienone is 3. The Morgan fingerprint density at radius 2 is 1.44 bits per heavy atom. The van der Waals surface area contributed by atoms with Crippen LogP contribution < -0.4 is 10.2 Å². The zero-order chi connectivity index (χ0) is 38.4. The fraction of sp³-hybridized carbons (Fsp3) is 0.170. The molecule has 1 fully saturated rings. The van der Waals surface area contributed by atoms with Gasteiger partial charge in [-0.2, -0.15) is 0 Å². The van der Waals surface area contributed by atoms with Crippen molar-refractivity contribution in [1.82, 2.24) is 0 Å². The van der Waals surface area contributed by atoms with Crippen molar-refractivity contribution in [3.05, 3.63) is 167 Å². The molecule has 4 heteroatoms. The molecule has 2 heterocycles. The molecule has 0 amide bonds. The summed E-state index contributed by atoms with van der Waals surface area (Å²) >= 11 is 3.93. The quantitative estimate of drug-likeness (QED) is 0.181. The number of anilines is 4. The first-order valence-electron chi connectivity index (χ1n) is 20.3. The smallest absolute Gasteiger partial charge is 0.0787 e. The van der Waals surface area contributed by atoms with E-state index >= 15 is 0 Å². The normalized spacial score (nSPS) is 15.1. The molecule has 0 bridgehead atoms. The lowest BCUT2D eigenvalue weighted by atomic mass is 9.92. The molecular weight excluding hydrogens is 729 g/mol. The maximum absolute atomic E-state index is 4.07. The van der Waals surface area contributed by atoms with E-state index in [4.69, 9.17) is 0 Å². The molecule has 8 aromatic rings. The van der Waals surface area contributed by atoms with E-state index in [1.165, 1.54) is 121 Å². The lowest BCUT2D eigenvalue weighted by Crippen LogP contribution is -2.23. The number of thiophene rings is 1. The molecule has 1 aromatic heterocycles. The van der Waals surface area contributed by atoms with E-state index in [-0.39, 0.29) is 0 Å². The van der Waals surface area contributed by atoms with Crippen LogP contribution in [0.15, 0.2) is 155 Å². The number of para-hydroxylation sites is 1. The number of hydrogen-bond donors (Lipinski definition) is 1. The van der Waals surface area contributed by atoms with Crippen molar-refractivity contribution in [3.63, 3.8) is 0 Å². The molecule has 11 rings (SSSR count). The Hall–Kier alpha value is -5.55. The van der Waals surface area contributed by atoms with Gasteiger partial charge in [0.25, 0.3) is 0 Å². The summed E-state index contributed by atoms with van der Waals surface area (Å²) in [7, 11) is 0. The zero-order valence-electron chi connectivity index (χ0n) is 32.9. The monoisotopic (exact) mass is 772 g/mol. The van der Waals surface area contributed by atoms with Crippen LogP contribution in [0.2, 0.25) is 0 Å². The zero-order valence-corrected chi connectivity index (χ0v) is 34.5. The van der Waals surface area contributed by atoms with E-state index in [0.717, 1.165) is 24.2 Å². The summed E-state index contributed by atoms with van der Waals surface area (Å²) in [5.74, 6) is 0.622. The molecule has 0 spiro atoms. The van der Waals surface area contributed by atoms with E-state index in [9.17, 15) is 0 Å². The first-order valence-corrected chi connectivity index (χ1v) is 22.0. The fourth-order valence-electron chi connectivity index (χ4n) is 9.32. The van der Waals surface area contributed by atoms with Gasteiger partial charge in [0.05, 0.1) is 21.8 Å². The average Bonchev–Trinajstić information content (AvgIpc) is 4.02. The van der Waals surface area contributed by atoms with Gasteiger partial charge < -0.3 is 10.2 Å². The van der Waals surface area contributed by atoms with Gasteiger partial charge in [0.1, 0.15) is 0 Å². The number of benzene rings is 7. The number of hydrogen-bond acceptors (Lipinski definition) is 4. The van der Waals surface area contributed by atoms with Crippen LogP contribution in [0.25, 0.3) is 53.2 Å². The summed E-state index contributed by atoms with van der Waals surface area (Å²) in [6, 6.07) is 45.5. The highest BCUT2D eigenvalue weighted by Crippen LogP contribution is 2.62. The van der Waals surface area contributed by atoms with E-state index in [1.807, 2.05) is 23.1 Å². The van der Waals surface area contributed by atoms with Crippen LogP contribution in [0.4, 0.5) is 22.7 Å². The number of aryl methyl sites for hydroxylation is 3. The molecule has 2 aliphatic carbocycles. The van der Waals surface area contributed by atoms with Gasteiger partial charge in [-0.15, -0.1) is 11.3 Å². The highest BCUT2D eigenvalue weighted by atomic mass is 32.2. The van der Waals surface area contributed by atoms with Crippen LogP contribution in [0.5, 0.6) is 0 Å². The van der Waals surface area contributed by atoms with E-state index in [2.05, 4.69) is 171 Å². The third-order valence-electron chi connectivity index (χ3n) is 12.5. The molecule has 0 radical (unpaired) electrons. The second-order valence-corrected chi connectivity index (χ2v) is 18.3. The summed E-state index contributed by atoms with van der Waals surface area (Å²) in [6.45, 7) is 9.08. The van der Waals surface area contributed by atoms with Crippen molar-refractivity contribution in [3.8, 4) is 22.3 Å². The predicted molar refractivity (Wildman–Crippen MR) is 247 cm³/mol. The molecule has 1 aliphatic heterocycles. The first-order chi connectivity index (χ1) is 27.9. The maximum Gasteiger partial charge on any atom is 0.0787 e.